The number of hydrogen-bond acceptors (Lipinski definition) is 12. The number of halogens is 3. The highest BCUT2D eigenvalue weighted by molar-refractivity contribution is 5.95. The van der Waals surface area contributed by atoms with Crippen molar-refractivity contribution in [3.8, 4) is 0 Å². The number of benzene rings is 4. The quantitative estimate of drug-likeness (QED) is 0.0354. The molecule has 2 aromatic heterocycles. The van der Waals surface area contributed by atoms with Crippen LogP contribution in [0.5, 0.6) is 0 Å². The summed E-state index contributed by atoms with van der Waals surface area (Å²) in [5.74, 6) is -7.69. The van der Waals surface area contributed by atoms with E-state index in [1.807, 2.05) is 31.2 Å². The Kier molecular flexibility index (Phi) is 16.9. The molecule has 3 aliphatic carbocycles. The summed E-state index contributed by atoms with van der Waals surface area (Å²) in [6.45, 7) is 11.8. The van der Waals surface area contributed by atoms with Crippen LogP contribution in [0.3, 0.4) is 0 Å². The average Bonchev–Trinajstić information content (AvgIpc) is 3.67. The first kappa shape index (κ1) is 57.8. The van der Waals surface area contributed by atoms with Gasteiger partial charge in [0.05, 0.1) is 11.4 Å². The molecule has 10 rings (SSSR count). The van der Waals surface area contributed by atoms with Crippen LogP contribution in [0.15, 0.2) is 146 Å². The minimum absolute atomic E-state index is 0.171. The van der Waals surface area contributed by atoms with E-state index in [0.29, 0.717) is 51.3 Å². The molecule has 1 unspecified atom stereocenters. The van der Waals surface area contributed by atoms with Crippen molar-refractivity contribution in [2.24, 2.45) is 0 Å². The molecule has 3 saturated carbocycles. The average molecular weight is 1090 g/mol. The van der Waals surface area contributed by atoms with Crippen LogP contribution in [0, 0.1) is 6.92 Å². The lowest BCUT2D eigenvalue weighted by Crippen LogP contribution is -2.33. The lowest BCUT2D eigenvalue weighted by Gasteiger charge is -2.17. The Morgan fingerprint density at radius 2 is 0.924 bits per heavy atom. The molecule has 4 aromatic carbocycles. The number of pyridine rings is 2. The topological polar surface area (TPSA) is 247 Å². The van der Waals surface area contributed by atoms with E-state index in [2.05, 4.69) is 20.2 Å². The number of rotatable bonds is 15. The summed E-state index contributed by atoms with van der Waals surface area (Å²) in [5, 5.41) is 50.1. The van der Waals surface area contributed by atoms with Crippen molar-refractivity contribution >= 4 is 23.6 Å². The fraction of sp³-hybridized carbons (Fsp3) is 0.367. The highest BCUT2D eigenvalue weighted by atomic mass is 19.2. The molecule has 0 spiro atoms. The molecule has 0 radical (unpaired) electrons. The molecule has 4 aliphatic rings. The number of hydroxylamine groups is 3. The summed E-state index contributed by atoms with van der Waals surface area (Å²) in [7, 11) is 0. The van der Waals surface area contributed by atoms with Crippen LogP contribution in [0.25, 0.3) is 0 Å². The van der Waals surface area contributed by atoms with E-state index in [4.69, 9.17) is 15.6 Å². The molecule has 16 nitrogen and oxygen atoms in total. The first-order valence-electron chi connectivity index (χ1n) is 26.1. The van der Waals surface area contributed by atoms with Gasteiger partial charge in [-0.25, -0.2) is 29.6 Å². The third kappa shape index (κ3) is 11.7. The molecule has 416 valence electrons. The number of carbonyl (C=O) groups is 4. The number of nitrogens with one attached hydrogen (secondary N) is 4. The maximum Gasteiger partial charge on any atom is 0.282 e. The number of carbonyl (C=O) groups excluding carboxylic acids is 4. The van der Waals surface area contributed by atoms with Crippen LogP contribution in [0.4, 0.5) is 13.2 Å². The Morgan fingerprint density at radius 1 is 0.544 bits per heavy atom. The lowest BCUT2D eigenvalue weighted by atomic mass is 9.98. The molecule has 9 N–H and O–H groups in total. The number of alkyl halides is 3. The minimum Gasteiger partial charge on any atom is -0.384 e. The number of aryl methyl sites for hydroxylation is 1. The van der Waals surface area contributed by atoms with E-state index in [9.17, 15) is 29.4 Å². The Morgan fingerprint density at radius 3 is 1.34 bits per heavy atom. The standard InChI is InChI=1S/C23H26FN3O3.C19H21FN2O3.C18H19FN2O3/c24-23(22(29)26-30)19(16-6-2-1-3-7-16)20(23)17-8-10-18(11-9-17)21(28)25-12-15-27-13-4-5-14-27;1-11-6-4-5-7-13(11)16-15(19(16,20)17(23)22-25)12-8-9-21-14(10-12)18(2,3)24;1-17(2,23)13-10-12(8-9-20-13)15-14(11-6-4-3-5-7-11)18(15,19)16(22)21-24/h1-3,6-11,19-20,30H,4-5,12-15H2,(H,25,28)(H,26,29);4-10,15-16,24-25H,1-3H3,(H,22,23);3-10,14-15,23-24H,1-2H3,(H,21,22)/t19-,20-,23+;15-,16?,19-;14-,15-,18+/m111/s1. The first-order valence-corrected chi connectivity index (χ1v) is 26.1. The number of amides is 4. The summed E-state index contributed by atoms with van der Waals surface area (Å²) in [5.41, 5.74) is 1.25. The number of aromatic nitrogens is 2. The highest BCUT2D eigenvalue weighted by Crippen LogP contribution is 2.68. The fourth-order valence-corrected chi connectivity index (χ4v) is 11.2. The Labute approximate surface area is 456 Å². The van der Waals surface area contributed by atoms with Crippen molar-refractivity contribution in [2.45, 2.75) is 111 Å². The number of hydrogen-bond donors (Lipinski definition) is 9. The van der Waals surface area contributed by atoms with Crippen molar-refractivity contribution in [2.75, 3.05) is 26.2 Å². The number of aliphatic hydroxyl groups is 2. The van der Waals surface area contributed by atoms with Crippen LogP contribution < -0.4 is 21.8 Å². The summed E-state index contributed by atoms with van der Waals surface area (Å²) >= 11 is 0. The van der Waals surface area contributed by atoms with Gasteiger partial charge in [0.1, 0.15) is 11.2 Å². The van der Waals surface area contributed by atoms with Gasteiger partial charge in [0, 0.05) is 66.6 Å². The summed E-state index contributed by atoms with van der Waals surface area (Å²) in [4.78, 5) is 59.0. The molecule has 3 heterocycles. The maximum atomic E-state index is 15.5. The van der Waals surface area contributed by atoms with E-state index in [0.717, 1.165) is 30.8 Å². The van der Waals surface area contributed by atoms with Gasteiger partial charge in [0.25, 0.3) is 23.6 Å². The van der Waals surface area contributed by atoms with Gasteiger partial charge in [-0.3, -0.25) is 44.8 Å². The van der Waals surface area contributed by atoms with Crippen molar-refractivity contribution in [3.63, 3.8) is 0 Å². The van der Waals surface area contributed by atoms with Crippen LogP contribution in [-0.4, -0.2) is 108 Å². The zero-order valence-corrected chi connectivity index (χ0v) is 44.4. The molecule has 19 heteroatoms. The van der Waals surface area contributed by atoms with E-state index >= 15 is 13.2 Å². The monoisotopic (exact) mass is 1090 g/mol. The fourth-order valence-electron chi connectivity index (χ4n) is 11.2. The SMILES string of the molecule is CC(C)(O)c1cc([C@@H]2[C@@H](c3ccccc3)[C@@]2(F)C(=O)NO)ccn1.Cc1ccccc1C1[C@@H](c2ccnc(C(C)(C)O)c2)[C@]1(F)C(=O)NO.O=C(NCCN1CCCC1)c1ccc([C@@H]2[C@@H](c3ccccc3)[C@@]2(F)C(=O)NO)cc1. The van der Waals surface area contributed by atoms with Crippen LogP contribution in [0.2, 0.25) is 0 Å². The predicted octanol–water partition coefficient (Wildman–Crippen LogP) is 7.72. The summed E-state index contributed by atoms with van der Waals surface area (Å²) in [6, 6.07) is 38.2. The second-order valence-corrected chi connectivity index (χ2v) is 21.7. The molecule has 79 heavy (non-hydrogen) atoms. The third-order valence-electron chi connectivity index (χ3n) is 15.6. The van der Waals surface area contributed by atoms with Gasteiger partial charge in [0.2, 0.25) is 17.0 Å². The molecule has 4 amide bonds. The molecule has 1 saturated heterocycles. The maximum absolute atomic E-state index is 15.5. The van der Waals surface area contributed by atoms with Gasteiger partial charge in [-0.1, -0.05) is 97.1 Å². The molecule has 9 atom stereocenters. The largest absolute Gasteiger partial charge is 0.384 e. The molecule has 6 aromatic rings. The summed E-state index contributed by atoms with van der Waals surface area (Å²) < 4.78 is 46.4. The predicted molar refractivity (Wildman–Crippen MR) is 285 cm³/mol. The Bertz CT molecular complexity index is 3140. The lowest BCUT2D eigenvalue weighted by molar-refractivity contribution is -0.136. The number of nitrogens with zero attached hydrogens (tertiary/aromatic N) is 3. The first-order chi connectivity index (χ1) is 37.6. The van der Waals surface area contributed by atoms with Gasteiger partial charge in [0.15, 0.2) is 0 Å². The second kappa shape index (κ2) is 23.1. The molecule has 0 bridgehead atoms. The minimum atomic E-state index is -2.25. The van der Waals surface area contributed by atoms with Crippen LogP contribution >= 0.6 is 0 Å². The van der Waals surface area contributed by atoms with Gasteiger partial charge in [-0.2, -0.15) is 0 Å². The third-order valence-corrected chi connectivity index (χ3v) is 15.6. The van der Waals surface area contributed by atoms with Crippen molar-refractivity contribution < 1.29 is 58.2 Å². The molecular weight excluding hydrogens is 1020 g/mol. The van der Waals surface area contributed by atoms with Crippen molar-refractivity contribution in [1.29, 1.82) is 0 Å². The van der Waals surface area contributed by atoms with E-state index in [-0.39, 0.29) is 5.91 Å². The normalized spacial score (nSPS) is 25.7. The van der Waals surface area contributed by atoms with Crippen molar-refractivity contribution in [3.05, 3.63) is 202 Å². The van der Waals surface area contributed by atoms with Gasteiger partial charge < -0.3 is 20.4 Å². The summed E-state index contributed by atoms with van der Waals surface area (Å²) in [6.07, 6.45) is 5.41. The smallest absolute Gasteiger partial charge is 0.282 e. The van der Waals surface area contributed by atoms with E-state index < -0.39 is 81.4 Å². The van der Waals surface area contributed by atoms with Crippen molar-refractivity contribution in [1.82, 2.24) is 36.6 Å². The molecular formula is C60H66F3N7O9. The van der Waals surface area contributed by atoms with Gasteiger partial charge >= 0.3 is 0 Å². The van der Waals surface area contributed by atoms with E-state index in [1.165, 1.54) is 41.7 Å². The number of likely N-dealkylation sites (tertiary alicyclic amines) is 1. The van der Waals surface area contributed by atoms with Gasteiger partial charge in [-0.15, -0.1) is 0 Å². The van der Waals surface area contributed by atoms with Crippen LogP contribution in [-0.2, 0) is 25.6 Å². The zero-order chi connectivity index (χ0) is 57.1. The zero-order valence-electron chi connectivity index (χ0n) is 44.4. The molecule has 4 fully saturated rings. The Hall–Kier alpha value is -7.39. The Balaban J connectivity index is 0.000000157. The van der Waals surface area contributed by atoms with Gasteiger partial charge in [-0.05, 0) is 136 Å². The molecule has 1 aliphatic heterocycles. The second-order valence-electron chi connectivity index (χ2n) is 21.7. The van der Waals surface area contributed by atoms with Crippen LogP contribution in [0.1, 0.15) is 137 Å². The van der Waals surface area contributed by atoms with E-state index in [1.54, 1.807) is 137 Å². The highest BCUT2D eigenvalue weighted by Gasteiger charge is 2.74.